The first-order valence-corrected chi connectivity index (χ1v) is 12.6. The first-order chi connectivity index (χ1) is 18.4. The highest BCUT2D eigenvalue weighted by molar-refractivity contribution is 5.93. The highest BCUT2D eigenvalue weighted by atomic mass is 19.1. The SMILES string of the molecule is C=O.COC(=O)C1=C(NC2CCN(C)CC2)C2(C(Cc3ccccc3)Nc3cc(F)cc(F)c3)C=CC1O2. The van der Waals surface area contributed by atoms with Crippen LogP contribution in [-0.2, 0) is 25.5 Å². The Morgan fingerprint density at radius 3 is 2.45 bits per heavy atom. The lowest BCUT2D eigenvalue weighted by Gasteiger charge is -2.39. The zero-order chi connectivity index (χ0) is 27.3. The fourth-order valence-electron chi connectivity index (χ4n) is 5.42. The molecule has 202 valence electrons. The Balaban J connectivity index is 0.00000164. The van der Waals surface area contributed by atoms with E-state index in [4.69, 9.17) is 14.3 Å². The van der Waals surface area contributed by atoms with Gasteiger partial charge in [-0.15, -0.1) is 0 Å². The Bertz CT molecular complexity index is 1180. The van der Waals surface area contributed by atoms with Gasteiger partial charge < -0.3 is 29.8 Å². The number of carbonyl (C=O) groups excluding carboxylic acids is 2. The highest BCUT2D eigenvalue weighted by Gasteiger charge is 2.56. The van der Waals surface area contributed by atoms with Crippen LogP contribution in [0.2, 0.25) is 0 Å². The first-order valence-electron chi connectivity index (χ1n) is 12.6. The predicted molar refractivity (Wildman–Crippen MR) is 140 cm³/mol. The largest absolute Gasteiger partial charge is 0.466 e. The molecule has 3 aliphatic rings. The number of halogens is 2. The number of nitrogens with zero attached hydrogens (tertiary/aromatic N) is 1. The van der Waals surface area contributed by atoms with Crippen molar-refractivity contribution in [2.24, 2.45) is 0 Å². The van der Waals surface area contributed by atoms with E-state index in [0.717, 1.165) is 37.6 Å². The van der Waals surface area contributed by atoms with Crippen molar-refractivity contribution in [3.63, 3.8) is 0 Å². The average molecular weight is 526 g/mol. The van der Waals surface area contributed by atoms with E-state index in [-0.39, 0.29) is 6.04 Å². The van der Waals surface area contributed by atoms with Crippen LogP contribution in [0.25, 0.3) is 0 Å². The quantitative estimate of drug-likeness (QED) is 0.403. The molecule has 3 atom stereocenters. The van der Waals surface area contributed by atoms with E-state index in [2.05, 4.69) is 22.6 Å². The second-order valence-corrected chi connectivity index (χ2v) is 9.74. The van der Waals surface area contributed by atoms with Crippen LogP contribution >= 0.6 is 0 Å². The predicted octanol–water partition coefficient (Wildman–Crippen LogP) is 3.62. The van der Waals surface area contributed by atoms with Gasteiger partial charge in [0.2, 0.25) is 0 Å². The molecular weight excluding hydrogens is 492 g/mol. The van der Waals surface area contributed by atoms with Gasteiger partial charge in [-0.3, -0.25) is 0 Å². The molecule has 7 nitrogen and oxygen atoms in total. The van der Waals surface area contributed by atoms with Gasteiger partial charge in [-0.25, -0.2) is 13.6 Å². The molecule has 0 aromatic heterocycles. The van der Waals surface area contributed by atoms with Gasteiger partial charge in [0, 0.05) is 17.8 Å². The number of likely N-dealkylation sites (tertiary alicyclic amines) is 1. The summed E-state index contributed by atoms with van der Waals surface area (Å²) in [4.78, 5) is 23.2. The molecule has 1 fully saturated rings. The van der Waals surface area contributed by atoms with Crippen LogP contribution in [0.4, 0.5) is 14.5 Å². The highest BCUT2D eigenvalue weighted by Crippen LogP contribution is 2.46. The molecule has 0 saturated carbocycles. The maximum Gasteiger partial charge on any atom is 0.338 e. The molecule has 3 unspecified atom stereocenters. The summed E-state index contributed by atoms with van der Waals surface area (Å²) < 4.78 is 39.8. The molecule has 0 amide bonds. The minimum atomic E-state index is -1.05. The third-order valence-corrected chi connectivity index (χ3v) is 7.26. The smallest absolute Gasteiger partial charge is 0.338 e. The standard InChI is InChI=1S/C28H31F2N3O3.CH2O/c1-33-12-9-21(10-13-33)32-26-25(27(34)35-2)23-8-11-28(26,36-23)24(14-18-6-4-3-5-7-18)31-22-16-19(29)15-20(30)17-22;1-2/h3-8,11,15-17,21,23-24,31-32H,9-10,12-14H2,1-2H3;1H2. The molecule has 3 aliphatic heterocycles. The Kier molecular flexibility index (Phi) is 8.58. The minimum Gasteiger partial charge on any atom is -0.466 e. The molecule has 3 heterocycles. The van der Waals surface area contributed by atoms with Crippen LogP contribution in [0, 0.1) is 11.6 Å². The number of nitrogens with one attached hydrogen (secondary N) is 2. The van der Waals surface area contributed by atoms with E-state index in [1.54, 1.807) is 0 Å². The first kappa shape index (κ1) is 27.5. The molecule has 1 saturated heterocycles. The molecule has 0 aliphatic carbocycles. The van der Waals surface area contributed by atoms with Gasteiger partial charge in [-0.2, -0.15) is 0 Å². The molecule has 5 rings (SSSR count). The third-order valence-electron chi connectivity index (χ3n) is 7.26. The summed E-state index contributed by atoms with van der Waals surface area (Å²) in [6.45, 7) is 3.89. The topological polar surface area (TPSA) is 79.9 Å². The number of methoxy groups -OCH3 is 1. The van der Waals surface area contributed by atoms with Gasteiger partial charge in [0.1, 0.15) is 30.1 Å². The number of fused-ring (bicyclic) bond motifs is 2. The third kappa shape index (κ3) is 5.63. The van der Waals surface area contributed by atoms with Crippen molar-refractivity contribution in [1.82, 2.24) is 10.2 Å². The summed E-state index contributed by atoms with van der Waals surface area (Å²) in [5, 5.41) is 6.97. The van der Waals surface area contributed by atoms with Crippen LogP contribution in [0.15, 0.2) is 72.0 Å². The van der Waals surface area contributed by atoms with Crippen LogP contribution < -0.4 is 10.6 Å². The lowest BCUT2D eigenvalue weighted by molar-refractivity contribution is -0.136. The Morgan fingerprint density at radius 2 is 1.82 bits per heavy atom. The van der Waals surface area contributed by atoms with Crippen molar-refractivity contribution in [1.29, 1.82) is 0 Å². The molecule has 0 spiro atoms. The average Bonchev–Trinajstić information content (AvgIpc) is 3.49. The number of carbonyl (C=O) groups is 2. The number of hydrogen-bond donors (Lipinski definition) is 2. The fraction of sp³-hybridized carbons (Fsp3) is 0.379. The van der Waals surface area contributed by atoms with Crippen LogP contribution in [-0.4, -0.2) is 68.7 Å². The molecule has 2 aromatic rings. The monoisotopic (exact) mass is 525 g/mol. The Hall–Kier alpha value is -3.56. The number of piperidine rings is 1. The van der Waals surface area contributed by atoms with Gasteiger partial charge >= 0.3 is 5.97 Å². The summed E-state index contributed by atoms with van der Waals surface area (Å²) >= 11 is 0. The number of anilines is 1. The van der Waals surface area contributed by atoms with E-state index in [9.17, 15) is 13.6 Å². The second kappa shape index (κ2) is 11.9. The van der Waals surface area contributed by atoms with Crippen LogP contribution in [0.1, 0.15) is 18.4 Å². The molecule has 2 aromatic carbocycles. The van der Waals surface area contributed by atoms with E-state index >= 15 is 0 Å². The van der Waals surface area contributed by atoms with E-state index in [0.29, 0.717) is 23.4 Å². The zero-order valence-corrected chi connectivity index (χ0v) is 21.6. The summed E-state index contributed by atoms with van der Waals surface area (Å²) in [6.07, 6.45) is 5.59. The van der Waals surface area contributed by atoms with Crippen LogP contribution in [0.3, 0.4) is 0 Å². The van der Waals surface area contributed by atoms with Crippen molar-refractivity contribution < 1.29 is 27.8 Å². The second-order valence-electron chi connectivity index (χ2n) is 9.74. The zero-order valence-electron chi connectivity index (χ0n) is 21.6. The Labute approximate surface area is 221 Å². The molecule has 0 radical (unpaired) electrons. The van der Waals surface area contributed by atoms with Crippen molar-refractivity contribution in [2.75, 3.05) is 32.6 Å². The van der Waals surface area contributed by atoms with Crippen molar-refractivity contribution >= 4 is 18.4 Å². The maximum absolute atomic E-state index is 14.1. The van der Waals surface area contributed by atoms with E-state index in [1.165, 1.54) is 19.2 Å². The van der Waals surface area contributed by atoms with E-state index < -0.39 is 35.4 Å². The van der Waals surface area contributed by atoms with Gasteiger partial charge in [0.15, 0.2) is 0 Å². The van der Waals surface area contributed by atoms with E-state index in [1.807, 2.05) is 49.3 Å². The molecule has 2 N–H and O–H groups in total. The molecule has 38 heavy (non-hydrogen) atoms. The maximum atomic E-state index is 14.1. The molecular formula is C29H33F2N3O4. The van der Waals surface area contributed by atoms with Crippen molar-refractivity contribution in [2.45, 2.75) is 43.1 Å². The number of rotatable bonds is 8. The molecule has 2 bridgehead atoms. The fourth-order valence-corrected chi connectivity index (χ4v) is 5.42. The summed E-state index contributed by atoms with van der Waals surface area (Å²) in [5.41, 5.74) is 1.39. The number of benzene rings is 2. The van der Waals surface area contributed by atoms with Gasteiger partial charge in [0.05, 0.1) is 24.4 Å². The summed E-state index contributed by atoms with van der Waals surface area (Å²) in [7, 11) is 3.46. The lowest BCUT2D eigenvalue weighted by atomic mass is 9.82. The number of ether oxygens (including phenoxy) is 2. The Morgan fingerprint density at radius 1 is 1.16 bits per heavy atom. The molecule has 9 heteroatoms. The van der Waals surface area contributed by atoms with Gasteiger partial charge in [0.25, 0.3) is 0 Å². The van der Waals surface area contributed by atoms with Crippen molar-refractivity contribution in [3.05, 3.63) is 89.2 Å². The lowest BCUT2D eigenvalue weighted by Crippen LogP contribution is -2.53. The normalized spacial score (nSPS) is 23.5. The van der Waals surface area contributed by atoms with Crippen LogP contribution in [0.5, 0.6) is 0 Å². The van der Waals surface area contributed by atoms with Gasteiger partial charge in [-0.1, -0.05) is 36.4 Å². The summed E-state index contributed by atoms with van der Waals surface area (Å²) in [5.74, 6) is -1.79. The summed E-state index contributed by atoms with van der Waals surface area (Å²) in [6, 6.07) is 12.9. The van der Waals surface area contributed by atoms with Crippen molar-refractivity contribution in [3.8, 4) is 0 Å². The number of hydrogen-bond acceptors (Lipinski definition) is 7. The number of esters is 1. The van der Waals surface area contributed by atoms with Gasteiger partial charge in [-0.05, 0) is 63.2 Å². The minimum absolute atomic E-state index is 0.160.